The molecule has 0 aliphatic rings. The molecule has 2 rings (SSSR count). The van der Waals surface area contributed by atoms with Crippen molar-refractivity contribution in [2.45, 2.75) is 19.8 Å². The lowest BCUT2D eigenvalue weighted by atomic mass is 10.1. The summed E-state index contributed by atoms with van der Waals surface area (Å²) >= 11 is 6.23. The van der Waals surface area contributed by atoms with Gasteiger partial charge in [-0.2, -0.15) is 5.10 Å². The quantitative estimate of drug-likeness (QED) is 0.868. The maximum Gasteiger partial charge on any atom is 0.256 e. The van der Waals surface area contributed by atoms with Gasteiger partial charge in [-0.05, 0) is 18.6 Å². The molecule has 0 aliphatic heterocycles. The van der Waals surface area contributed by atoms with E-state index in [4.69, 9.17) is 11.6 Å². The molecular formula is C15H18ClN3O. The molecule has 20 heavy (non-hydrogen) atoms. The Hall–Kier alpha value is -1.81. The molecule has 0 fully saturated rings. The van der Waals surface area contributed by atoms with Crippen LogP contribution in [0.2, 0.25) is 5.02 Å². The molecule has 106 valence electrons. The average Bonchev–Trinajstić information content (AvgIpc) is 2.82. The van der Waals surface area contributed by atoms with Crippen molar-refractivity contribution >= 4 is 17.5 Å². The molecule has 0 radical (unpaired) electrons. The number of nitrogens with zero attached hydrogens (tertiary/aromatic N) is 3. The number of amides is 1. The summed E-state index contributed by atoms with van der Waals surface area (Å²) in [4.78, 5) is 13.8. The molecule has 0 bridgehead atoms. The Bertz CT molecular complexity index is 619. The van der Waals surface area contributed by atoms with E-state index in [1.54, 1.807) is 29.9 Å². The molecular weight excluding hydrogens is 274 g/mol. The van der Waals surface area contributed by atoms with E-state index < -0.39 is 0 Å². The van der Waals surface area contributed by atoms with E-state index in [1.165, 1.54) is 0 Å². The van der Waals surface area contributed by atoms with Crippen LogP contribution in [0.4, 0.5) is 0 Å². The van der Waals surface area contributed by atoms with Gasteiger partial charge in [-0.3, -0.25) is 4.79 Å². The van der Waals surface area contributed by atoms with Gasteiger partial charge in [-0.15, -0.1) is 0 Å². The van der Waals surface area contributed by atoms with Crippen LogP contribution in [-0.4, -0.2) is 34.7 Å². The lowest BCUT2D eigenvalue weighted by Crippen LogP contribution is -2.22. The highest BCUT2D eigenvalue weighted by Gasteiger charge is 2.19. The number of benzene rings is 1. The Kier molecular flexibility index (Phi) is 4.45. The molecule has 0 N–H and O–H groups in total. The molecule has 0 atom stereocenters. The first-order valence-corrected chi connectivity index (χ1v) is 6.97. The fraction of sp³-hybridized carbons (Fsp3) is 0.333. The van der Waals surface area contributed by atoms with Crippen molar-refractivity contribution in [3.05, 3.63) is 46.7 Å². The molecule has 1 aromatic carbocycles. The Morgan fingerprint density at radius 2 is 2.05 bits per heavy atom. The molecule has 0 aliphatic carbocycles. The minimum Gasteiger partial charge on any atom is -0.345 e. The summed E-state index contributed by atoms with van der Waals surface area (Å²) in [5, 5.41) is 4.98. The Morgan fingerprint density at radius 3 is 2.65 bits per heavy atom. The van der Waals surface area contributed by atoms with Crippen LogP contribution in [0.1, 0.15) is 29.4 Å². The number of hydrogen-bond acceptors (Lipinski definition) is 2. The fourth-order valence-electron chi connectivity index (χ4n) is 2.10. The zero-order chi connectivity index (χ0) is 14.7. The summed E-state index contributed by atoms with van der Waals surface area (Å²) in [5.41, 5.74) is 2.34. The fourth-order valence-corrected chi connectivity index (χ4v) is 2.32. The lowest BCUT2D eigenvalue weighted by molar-refractivity contribution is 0.0826. The predicted molar refractivity (Wildman–Crippen MR) is 80.6 cm³/mol. The summed E-state index contributed by atoms with van der Waals surface area (Å²) in [6, 6.07) is 7.51. The second-order valence-electron chi connectivity index (χ2n) is 4.82. The van der Waals surface area contributed by atoms with Crippen LogP contribution in [0.25, 0.3) is 5.69 Å². The van der Waals surface area contributed by atoms with E-state index in [1.807, 2.05) is 24.3 Å². The number of para-hydroxylation sites is 1. The normalized spacial score (nSPS) is 10.6. The molecule has 4 nitrogen and oxygen atoms in total. The van der Waals surface area contributed by atoms with Gasteiger partial charge in [-0.25, -0.2) is 4.68 Å². The average molecular weight is 292 g/mol. The summed E-state index contributed by atoms with van der Waals surface area (Å²) in [6.45, 7) is 2.08. The highest BCUT2D eigenvalue weighted by Crippen LogP contribution is 2.23. The zero-order valence-electron chi connectivity index (χ0n) is 11.9. The van der Waals surface area contributed by atoms with Crippen LogP contribution in [0.15, 0.2) is 30.5 Å². The summed E-state index contributed by atoms with van der Waals surface area (Å²) in [7, 11) is 3.48. The van der Waals surface area contributed by atoms with E-state index in [2.05, 4.69) is 12.0 Å². The van der Waals surface area contributed by atoms with Gasteiger partial charge in [0.25, 0.3) is 5.91 Å². The molecule has 0 spiro atoms. The van der Waals surface area contributed by atoms with Gasteiger partial charge >= 0.3 is 0 Å². The largest absolute Gasteiger partial charge is 0.345 e. The van der Waals surface area contributed by atoms with Gasteiger partial charge in [0.1, 0.15) is 0 Å². The van der Waals surface area contributed by atoms with Crippen molar-refractivity contribution in [1.29, 1.82) is 0 Å². The van der Waals surface area contributed by atoms with Crippen molar-refractivity contribution < 1.29 is 4.79 Å². The molecule has 0 saturated heterocycles. The van der Waals surface area contributed by atoms with Crippen LogP contribution in [0, 0.1) is 0 Å². The first-order chi connectivity index (χ1) is 9.56. The standard InChI is InChI=1S/C15H18ClN3O/c1-4-7-13-11(15(20)18(2)3)10-17-19(13)14-9-6-5-8-12(14)16/h5-6,8-10H,4,7H2,1-3H3. The SMILES string of the molecule is CCCc1c(C(=O)N(C)C)cnn1-c1ccccc1Cl. The summed E-state index contributed by atoms with van der Waals surface area (Å²) < 4.78 is 1.77. The molecule has 1 aromatic heterocycles. The summed E-state index contributed by atoms with van der Waals surface area (Å²) in [5.74, 6) is -0.0354. The first kappa shape index (κ1) is 14.6. The van der Waals surface area contributed by atoms with E-state index in [-0.39, 0.29) is 5.91 Å². The van der Waals surface area contributed by atoms with Gasteiger partial charge in [0.15, 0.2) is 0 Å². The minimum absolute atomic E-state index is 0.0354. The molecule has 1 amide bonds. The van der Waals surface area contributed by atoms with E-state index in [0.717, 1.165) is 24.2 Å². The van der Waals surface area contributed by atoms with Crippen LogP contribution >= 0.6 is 11.6 Å². The van der Waals surface area contributed by atoms with Crippen molar-refractivity contribution in [1.82, 2.24) is 14.7 Å². The van der Waals surface area contributed by atoms with Crippen molar-refractivity contribution in [2.24, 2.45) is 0 Å². The monoisotopic (exact) mass is 291 g/mol. The van der Waals surface area contributed by atoms with Crippen molar-refractivity contribution in [3.63, 3.8) is 0 Å². The highest BCUT2D eigenvalue weighted by atomic mass is 35.5. The van der Waals surface area contributed by atoms with E-state index >= 15 is 0 Å². The molecule has 5 heteroatoms. The van der Waals surface area contributed by atoms with Crippen LogP contribution in [-0.2, 0) is 6.42 Å². The van der Waals surface area contributed by atoms with Crippen molar-refractivity contribution in [2.75, 3.05) is 14.1 Å². The molecule has 2 aromatic rings. The van der Waals surface area contributed by atoms with Crippen molar-refractivity contribution in [3.8, 4) is 5.69 Å². The first-order valence-electron chi connectivity index (χ1n) is 6.59. The smallest absolute Gasteiger partial charge is 0.256 e. The van der Waals surface area contributed by atoms with Gasteiger partial charge in [0.2, 0.25) is 0 Å². The van der Waals surface area contributed by atoms with E-state index in [0.29, 0.717) is 10.6 Å². The zero-order valence-corrected chi connectivity index (χ0v) is 12.7. The Labute approximate surface area is 124 Å². The second kappa shape index (κ2) is 6.09. The lowest BCUT2D eigenvalue weighted by Gasteiger charge is -2.13. The van der Waals surface area contributed by atoms with Gasteiger partial charge in [-0.1, -0.05) is 37.1 Å². The number of halogens is 1. The maximum absolute atomic E-state index is 12.2. The molecule has 1 heterocycles. The second-order valence-corrected chi connectivity index (χ2v) is 5.22. The predicted octanol–water partition coefficient (Wildman–Crippen LogP) is 3.18. The number of hydrogen-bond donors (Lipinski definition) is 0. The van der Waals surface area contributed by atoms with Crippen LogP contribution in [0.5, 0.6) is 0 Å². The van der Waals surface area contributed by atoms with Crippen LogP contribution < -0.4 is 0 Å². The topological polar surface area (TPSA) is 38.1 Å². The number of aromatic nitrogens is 2. The van der Waals surface area contributed by atoms with Gasteiger partial charge in [0, 0.05) is 14.1 Å². The third kappa shape index (κ3) is 2.70. The minimum atomic E-state index is -0.0354. The van der Waals surface area contributed by atoms with Gasteiger partial charge in [0.05, 0.1) is 28.2 Å². The Balaban J connectivity index is 2.55. The van der Waals surface area contributed by atoms with Crippen LogP contribution in [0.3, 0.4) is 0 Å². The molecule has 0 unspecified atom stereocenters. The number of rotatable bonds is 4. The summed E-state index contributed by atoms with van der Waals surface area (Å²) in [6.07, 6.45) is 3.33. The number of carbonyl (C=O) groups is 1. The highest BCUT2D eigenvalue weighted by molar-refractivity contribution is 6.32. The molecule has 0 saturated carbocycles. The Morgan fingerprint density at radius 1 is 1.35 bits per heavy atom. The van der Waals surface area contributed by atoms with Gasteiger partial charge < -0.3 is 4.90 Å². The maximum atomic E-state index is 12.2. The third-order valence-electron chi connectivity index (χ3n) is 3.07. The van der Waals surface area contributed by atoms with E-state index in [9.17, 15) is 4.79 Å². The third-order valence-corrected chi connectivity index (χ3v) is 3.39. The number of carbonyl (C=O) groups excluding carboxylic acids is 1.